The van der Waals surface area contributed by atoms with Gasteiger partial charge in [-0.2, -0.15) is 0 Å². The lowest BCUT2D eigenvalue weighted by Gasteiger charge is -2.13. The van der Waals surface area contributed by atoms with E-state index in [0.29, 0.717) is 40.5 Å². The van der Waals surface area contributed by atoms with Gasteiger partial charge in [-0.05, 0) is 42.8 Å². The molecule has 1 aliphatic rings. The van der Waals surface area contributed by atoms with E-state index < -0.39 is 0 Å². The van der Waals surface area contributed by atoms with Crippen molar-refractivity contribution in [3.05, 3.63) is 59.0 Å². The van der Waals surface area contributed by atoms with Crippen molar-refractivity contribution < 1.29 is 19.0 Å². The van der Waals surface area contributed by atoms with Crippen molar-refractivity contribution in [1.82, 2.24) is 5.32 Å². The molecule has 1 fully saturated rings. The van der Waals surface area contributed by atoms with Crippen LogP contribution in [0.1, 0.15) is 12.5 Å². The minimum absolute atomic E-state index is 0.179. The normalized spacial score (nSPS) is 14.9. The molecule has 2 aromatic carbocycles. The number of carbonyl (C=O) groups excluding carboxylic acids is 1. The van der Waals surface area contributed by atoms with Crippen molar-refractivity contribution in [2.45, 2.75) is 6.92 Å². The molecule has 27 heavy (non-hydrogen) atoms. The van der Waals surface area contributed by atoms with Gasteiger partial charge in [0.25, 0.3) is 5.91 Å². The van der Waals surface area contributed by atoms with Crippen molar-refractivity contribution in [2.24, 2.45) is 0 Å². The van der Waals surface area contributed by atoms with Crippen LogP contribution in [-0.4, -0.2) is 30.0 Å². The maximum atomic E-state index is 11.8. The van der Waals surface area contributed by atoms with Gasteiger partial charge in [-0.3, -0.25) is 4.79 Å². The molecule has 7 heteroatoms. The minimum Gasteiger partial charge on any atom is -0.490 e. The van der Waals surface area contributed by atoms with Gasteiger partial charge in [-0.1, -0.05) is 48.2 Å². The highest BCUT2D eigenvalue weighted by molar-refractivity contribution is 8.26. The number of rotatable bonds is 8. The van der Waals surface area contributed by atoms with Crippen LogP contribution >= 0.6 is 24.0 Å². The van der Waals surface area contributed by atoms with Crippen LogP contribution in [0, 0.1) is 0 Å². The van der Waals surface area contributed by atoms with Gasteiger partial charge < -0.3 is 19.5 Å². The molecule has 1 heterocycles. The van der Waals surface area contributed by atoms with Crippen LogP contribution in [0.3, 0.4) is 0 Å². The minimum atomic E-state index is -0.179. The van der Waals surface area contributed by atoms with Crippen molar-refractivity contribution in [2.75, 3.05) is 19.8 Å². The molecule has 0 aliphatic carbocycles. The Bertz CT molecular complexity index is 852. The molecule has 1 aliphatic heterocycles. The summed E-state index contributed by atoms with van der Waals surface area (Å²) in [5.41, 5.74) is 0.841. The highest BCUT2D eigenvalue weighted by Crippen LogP contribution is 2.31. The second kappa shape index (κ2) is 9.43. The lowest BCUT2D eigenvalue weighted by atomic mass is 10.2. The Balaban J connectivity index is 1.64. The molecule has 0 atom stereocenters. The summed E-state index contributed by atoms with van der Waals surface area (Å²) in [5, 5.41) is 2.60. The van der Waals surface area contributed by atoms with Crippen molar-refractivity contribution in [3.63, 3.8) is 0 Å². The van der Waals surface area contributed by atoms with E-state index in [9.17, 15) is 4.79 Å². The Morgan fingerprint density at radius 3 is 2.52 bits per heavy atom. The number of thioether (sulfide) groups is 1. The monoisotopic (exact) mass is 401 g/mol. The number of carbonyl (C=O) groups is 1. The van der Waals surface area contributed by atoms with Crippen molar-refractivity contribution in [3.8, 4) is 17.2 Å². The first-order valence-corrected chi connectivity index (χ1v) is 9.70. The quantitative estimate of drug-likeness (QED) is 0.409. The zero-order chi connectivity index (χ0) is 19.1. The van der Waals surface area contributed by atoms with Gasteiger partial charge in [-0.15, -0.1) is 0 Å². The van der Waals surface area contributed by atoms with Gasteiger partial charge in [0.2, 0.25) is 0 Å². The standard InChI is InChI=1S/C20H19NO4S2/c1-2-23-17-12-14(13-18-19(22)21-20(26)27-18)8-9-16(17)25-11-10-24-15-6-4-3-5-7-15/h3-9,12-13H,2,10-11H2,1H3,(H,21,22,26)/b18-13-. The second-order valence-corrected chi connectivity index (χ2v) is 7.22. The van der Waals surface area contributed by atoms with Crippen LogP contribution in [-0.2, 0) is 4.79 Å². The third kappa shape index (κ3) is 5.48. The van der Waals surface area contributed by atoms with E-state index in [4.69, 9.17) is 26.4 Å². The number of hydrogen-bond donors (Lipinski definition) is 1. The first-order valence-electron chi connectivity index (χ1n) is 8.48. The van der Waals surface area contributed by atoms with Gasteiger partial charge in [0, 0.05) is 0 Å². The number of thiocarbonyl (C=S) groups is 1. The summed E-state index contributed by atoms with van der Waals surface area (Å²) < 4.78 is 17.6. The molecule has 0 saturated carbocycles. The van der Waals surface area contributed by atoms with Gasteiger partial charge in [0.1, 0.15) is 23.3 Å². The third-order valence-corrected chi connectivity index (χ3v) is 4.72. The lowest BCUT2D eigenvalue weighted by molar-refractivity contribution is -0.115. The number of nitrogens with one attached hydrogen (secondary N) is 1. The molecule has 1 saturated heterocycles. The van der Waals surface area contributed by atoms with E-state index >= 15 is 0 Å². The number of ether oxygens (including phenoxy) is 3. The summed E-state index contributed by atoms with van der Waals surface area (Å²) in [6.07, 6.45) is 1.78. The van der Waals surface area contributed by atoms with Crippen molar-refractivity contribution >= 4 is 40.3 Å². The second-order valence-electron chi connectivity index (χ2n) is 5.50. The molecular weight excluding hydrogens is 382 g/mol. The van der Waals surface area contributed by atoms with Crippen LogP contribution < -0.4 is 19.5 Å². The average molecular weight is 402 g/mol. The molecule has 5 nitrogen and oxygen atoms in total. The Kier molecular flexibility index (Phi) is 6.73. The third-order valence-electron chi connectivity index (χ3n) is 3.56. The molecule has 1 amide bonds. The van der Waals surface area contributed by atoms with Gasteiger partial charge in [0.15, 0.2) is 11.5 Å². The van der Waals surface area contributed by atoms with E-state index in [-0.39, 0.29) is 5.91 Å². The zero-order valence-corrected chi connectivity index (χ0v) is 16.4. The largest absolute Gasteiger partial charge is 0.490 e. The summed E-state index contributed by atoms with van der Waals surface area (Å²) >= 11 is 6.26. The van der Waals surface area contributed by atoms with E-state index in [1.807, 2.05) is 55.5 Å². The summed E-state index contributed by atoms with van der Waals surface area (Å²) in [6, 6.07) is 15.1. The molecule has 1 N–H and O–H groups in total. The van der Waals surface area contributed by atoms with Crippen LogP contribution in [0.25, 0.3) is 6.08 Å². The van der Waals surface area contributed by atoms with Gasteiger partial charge in [0.05, 0.1) is 11.5 Å². The lowest BCUT2D eigenvalue weighted by Crippen LogP contribution is -2.17. The Morgan fingerprint density at radius 1 is 1.04 bits per heavy atom. The summed E-state index contributed by atoms with van der Waals surface area (Å²) in [7, 11) is 0. The van der Waals surface area contributed by atoms with E-state index in [1.54, 1.807) is 6.08 Å². The topological polar surface area (TPSA) is 56.8 Å². The Morgan fingerprint density at radius 2 is 1.81 bits per heavy atom. The fourth-order valence-electron chi connectivity index (χ4n) is 2.40. The maximum absolute atomic E-state index is 11.8. The van der Waals surface area contributed by atoms with Gasteiger partial charge >= 0.3 is 0 Å². The van der Waals surface area contributed by atoms with Crippen LogP contribution in [0.2, 0.25) is 0 Å². The molecule has 2 aromatic rings. The maximum Gasteiger partial charge on any atom is 0.263 e. The summed E-state index contributed by atoms with van der Waals surface area (Å²) in [6.45, 7) is 3.24. The molecule has 0 aromatic heterocycles. The summed E-state index contributed by atoms with van der Waals surface area (Å²) in [5.74, 6) is 1.88. The number of amides is 1. The zero-order valence-electron chi connectivity index (χ0n) is 14.8. The van der Waals surface area contributed by atoms with Gasteiger partial charge in [-0.25, -0.2) is 0 Å². The smallest absolute Gasteiger partial charge is 0.263 e. The first-order chi connectivity index (χ1) is 13.2. The number of hydrogen-bond acceptors (Lipinski definition) is 6. The molecule has 0 unspecified atom stereocenters. The SMILES string of the molecule is CCOc1cc(/C=C2\SC(=S)NC2=O)ccc1OCCOc1ccccc1. The molecular formula is C20H19NO4S2. The number of benzene rings is 2. The Hall–Kier alpha value is -2.51. The molecule has 0 bridgehead atoms. The Labute approximate surface area is 167 Å². The fraction of sp³-hybridized carbons (Fsp3) is 0.200. The summed E-state index contributed by atoms with van der Waals surface area (Å²) in [4.78, 5) is 12.4. The number of para-hydroxylation sites is 1. The van der Waals surface area contributed by atoms with Crippen LogP contribution in [0.5, 0.6) is 17.2 Å². The van der Waals surface area contributed by atoms with Crippen LogP contribution in [0.4, 0.5) is 0 Å². The molecule has 3 rings (SSSR count). The van der Waals surface area contributed by atoms with E-state index in [1.165, 1.54) is 11.8 Å². The van der Waals surface area contributed by atoms with Crippen molar-refractivity contribution in [1.29, 1.82) is 0 Å². The predicted molar refractivity (Wildman–Crippen MR) is 111 cm³/mol. The molecule has 0 spiro atoms. The highest BCUT2D eigenvalue weighted by Gasteiger charge is 2.22. The van der Waals surface area contributed by atoms with E-state index in [2.05, 4.69) is 5.32 Å². The fourth-order valence-corrected chi connectivity index (χ4v) is 3.45. The predicted octanol–water partition coefficient (Wildman–Crippen LogP) is 4.03. The molecule has 0 radical (unpaired) electrons. The molecule has 140 valence electrons. The highest BCUT2D eigenvalue weighted by atomic mass is 32.2. The first kappa shape index (κ1) is 19.3. The average Bonchev–Trinajstić information content (AvgIpc) is 2.98. The van der Waals surface area contributed by atoms with Crippen LogP contribution in [0.15, 0.2) is 53.4 Å². The van der Waals surface area contributed by atoms with E-state index in [0.717, 1.165) is 11.3 Å².